The highest BCUT2D eigenvalue weighted by atomic mass is 16.7. The number of hydrogen-bond donors (Lipinski definition) is 0. The van der Waals surface area contributed by atoms with Crippen molar-refractivity contribution >= 4 is 10.8 Å². The zero-order valence-electron chi connectivity index (χ0n) is 14.1. The molecule has 0 spiro atoms. The van der Waals surface area contributed by atoms with Crippen molar-refractivity contribution in [2.75, 3.05) is 20.8 Å². The summed E-state index contributed by atoms with van der Waals surface area (Å²) < 4.78 is 16.2. The van der Waals surface area contributed by atoms with Crippen LogP contribution in [-0.2, 0) is 9.47 Å². The third-order valence-electron chi connectivity index (χ3n) is 3.90. The Kier molecular flexibility index (Phi) is 5.24. The first-order valence-electron chi connectivity index (χ1n) is 7.84. The largest absolute Gasteiger partial charge is 0.472 e. The van der Waals surface area contributed by atoms with Crippen LogP contribution >= 0.6 is 0 Å². The monoisotopic (exact) mass is 334 g/mol. The maximum atomic E-state index is 8.94. The van der Waals surface area contributed by atoms with Crippen LogP contribution in [0.15, 0.2) is 54.6 Å². The van der Waals surface area contributed by atoms with E-state index in [2.05, 4.69) is 11.1 Å². The van der Waals surface area contributed by atoms with Gasteiger partial charge in [0.05, 0.1) is 17.3 Å². The first kappa shape index (κ1) is 16.9. The van der Waals surface area contributed by atoms with Crippen molar-refractivity contribution in [3.63, 3.8) is 0 Å². The van der Waals surface area contributed by atoms with E-state index in [4.69, 9.17) is 19.5 Å². The average molecular weight is 334 g/mol. The molecular weight excluding hydrogens is 316 g/mol. The van der Waals surface area contributed by atoms with Crippen molar-refractivity contribution in [3.05, 3.63) is 60.2 Å². The molecule has 0 unspecified atom stereocenters. The zero-order chi connectivity index (χ0) is 17.6. The number of methoxy groups -OCH3 is 2. The van der Waals surface area contributed by atoms with Crippen LogP contribution in [0.4, 0.5) is 0 Å². The lowest BCUT2D eigenvalue weighted by Gasteiger charge is -2.16. The fourth-order valence-corrected chi connectivity index (χ4v) is 2.52. The van der Waals surface area contributed by atoms with Crippen molar-refractivity contribution in [2.24, 2.45) is 0 Å². The summed E-state index contributed by atoms with van der Waals surface area (Å²) in [5.41, 5.74) is 2.32. The van der Waals surface area contributed by atoms with Gasteiger partial charge in [-0.05, 0) is 29.7 Å². The molecule has 0 saturated carbocycles. The van der Waals surface area contributed by atoms with Crippen molar-refractivity contribution in [1.29, 1.82) is 5.26 Å². The van der Waals surface area contributed by atoms with Crippen LogP contribution in [0, 0.1) is 11.3 Å². The molecule has 0 aliphatic carbocycles. The Bertz CT molecular complexity index is 897. The molecule has 0 amide bonds. The van der Waals surface area contributed by atoms with Crippen LogP contribution in [-0.4, -0.2) is 32.1 Å². The number of ether oxygens (including phenoxy) is 3. The van der Waals surface area contributed by atoms with Crippen LogP contribution in [0.3, 0.4) is 0 Å². The van der Waals surface area contributed by atoms with E-state index >= 15 is 0 Å². The summed E-state index contributed by atoms with van der Waals surface area (Å²) in [6, 6.07) is 19.3. The molecule has 0 aliphatic rings. The molecule has 1 aromatic heterocycles. The SMILES string of the molecule is COC(COc1nc(-c2ccc(C#N)cc2)cc2ccccc12)OC. The first-order valence-corrected chi connectivity index (χ1v) is 7.84. The highest BCUT2D eigenvalue weighted by Gasteiger charge is 2.12. The Balaban J connectivity index is 2.00. The van der Waals surface area contributed by atoms with Crippen LogP contribution in [0.1, 0.15) is 5.56 Å². The van der Waals surface area contributed by atoms with Gasteiger partial charge in [-0.1, -0.05) is 30.3 Å². The number of aromatic nitrogens is 1. The number of nitrogens with zero attached hydrogens (tertiary/aromatic N) is 2. The van der Waals surface area contributed by atoms with Gasteiger partial charge in [0.1, 0.15) is 6.61 Å². The lowest BCUT2D eigenvalue weighted by molar-refractivity contribution is -0.122. The molecule has 5 nitrogen and oxygen atoms in total. The summed E-state index contributed by atoms with van der Waals surface area (Å²) in [4.78, 5) is 4.65. The Morgan fingerprint density at radius 1 is 1.04 bits per heavy atom. The molecule has 5 heteroatoms. The minimum absolute atomic E-state index is 0.237. The highest BCUT2D eigenvalue weighted by Crippen LogP contribution is 2.29. The molecule has 0 bridgehead atoms. The Hall–Kier alpha value is -2.94. The number of hydrogen-bond acceptors (Lipinski definition) is 5. The second kappa shape index (κ2) is 7.75. The second-order valence-electron chi connectivity index (χ2n) is 5.43. The van der Waals surface area contributed by atoms with E-state index in [0.717, 1.165) is 22.0 Å². The van der Waals surface area contributed by atoms with Crippen LogP contribution in [0.2, 0.25) is 0 Å². The summed E-state index contributed by atoms with van der Waals surface area (Å²) in [5, 5.41) is 10.9. The minimum atomic E-state index is -0.459. The van der Waals surface area contributed by atoms with Gasteiger partial charge in [0.25, 0.3) is 0 Å². The fourth-order valence-electron chi connectivity index (χ4n) is 2.52. The van der Waals surface area contributed by atoms with E-state index in [1.807, 2.05) is 42.5 Å². The minimum Gasteiger partial charge on any atom is -0.472 e. The Morgan fingerprint density at radius 2 is 1.76 bits per heavy atom. The van der Waals surface area contributed by atoms with Crippen molar-refractivity contribution in [3.8, 4) is 23.2 Å². The fraction of sp³-hybridized carbons (Fsp3) is 0.200. The van der Waals surface area contributed by atoms with Gasteiger partial charge in [-0.25, -0.2) is 4.98 Å². The topological polar surface area (TPSA) is 64.4 Å². The molecule has 3 rings (SSSR count). The molecule has 2 aromatic carbocycles. The molecule has 25 heavy (non-hydrogen) atoms. The van der Waals surface area contributed by atoms with Crippen LogP contribution in [0.25, 0.3) is 22.0 Å². The Labute approximate surface area is 146 Å². The summed E-state index contributed by atoms with van der Waals surface area (Å²) in [6.45, 7) is 0.237. The maximum Gasteiger partial charge on any atom is 0.222 e. The third-order valence-corrected chi connectivity index (χ3v) is 3.90. The lowest BCUT2D eigenvalue weighted by atomic mass is 10.1. The molecule has 0 fully saturated rings. The quantitative estimate of drug-likeness (QED) is 0.642. The predicted molar refractivity (Wildman–Crippen MR) is 95.2 cm³/mol. The van der Waals surface area contributed by atoms with E-state index < -0.39 is 6.29 Å². The number of fused-ring (bicyclic) bond motifs is 1. The zero-order valence-corrected chi connectivity index (χ0v) is 14.1. The smallest absolute Gasteiger partial charge is 0.222 e. The summed E-state index contributed by atoms with van der Waals surface area (Å²) in [7, 11) is 3.13. The summed E-state index contributed by atoms with van der Waals surface area (Å²) >= 11 is 0. The van der Waals surface area contributed by atoms with Gasteiger partial charge in [-0.2, -0.15) is 5.26 Å². The normalized spacial score (nSPS) is 10.8. The van der Waals surface area contributed by atoms with Crippen molar-refractivity contribution < 1.29 is 14.2 Å². The van der Waals surface area contributed by atoms with Gasteiger partial charge in [-0.3, -0.25) is 0 Å². The predicted octanol–water partition coefficient (Wildman–Crippen LogP) is 3.77. The van der Waals surface area contributed by atoms with Crippen LogP contribution in [0.5, 0.6) is 5.88 Å². The van der Waals surface area contributed by atoms with E-state index in [0.29, 0.717) is 11.4 Å². The number of benzene rings is 2. The molecule has 0 radical (unpaired) electrons. The van der Waals surface area contributed by atoms with Gasteiger partial charge in [0.15, 0.2) is 6.29 Å². The van der Waals surface area contributed by atoms with Crippen LogP contribution < -0.4 is 4.74 Å². The highest BCUT2D eigenvalue weighted by molar-refractivity contribution is 5.90. The summed E-state index contributed by atoms with van der Waals surface area (Å²) in [5.74, 6) is 0.525. The number of rotatable bonds is 6. The van der Waals surface area contributed by atoms with E-state index in [-0.39, 0.29) is 6.61 Å². The number of pyridine rings is 1. The van der Waals surface area contributed by atoms with E-state index in [1.54, 1.807) is 26.4 Å². The van der Waals surface area contributed by atoms with E-state index in [1.165, 1.54) is 0 Å². The molecule has 0 atom stereocenters. The Morgan fingerprint density at radius 3 is 2.44 bits per heavy atom. The first-order chi connectivity index (χ1) is 12.2. The molecule has 3 aromatic rings. The van der Waals surface area contributed by atoms with Crippen molar-refractivity contribution in [2.45, 2.75) is 6.29 Å². The maximum absolute atomic E-state index is 8.94. The molecular formula is C20H18N2O3. The van der Waals surface area contributed by atoms with E-state index in [9.17, 15) is 0 Å². The van der Waals surface area contributed by atoms with Gasteiger partial charge >= 0.3 is 0 Å². The molecule has 126 valence electrons. The summed E-state index contributed by atoms with van der Waals surface area (Å²) in [6.07, 6.45) is -0.459. The van der Waals surface area contributed by atoms with Gasteiger partial charge in [-0.15, -0.1) is 0 Å². The van der Waals surface area contributed by atoms with Crippen molar-refractivity contribution in [1.82, 2.24) is 4.98 Å². The average Bonchev–Trinajstić information content (AvgIpc) is 2.68. The lowest BCUT2D eigenvalue weighted by Crippen LogP contribution is -2.22. The molecule has 1 heterocycles. The molecule has 0 N–H and O–H groups in total. The van der Waals surface area contributed by atoms with Gasteiger partial charge in [0, 0.05) is 25.2 Å². The second-order valence-corrected chi connectivity index (χ2v) is 5.43. The van der Waals surface area contributed by atoms with Gasteiger partial charge in [0.2, 0.25) is 5.88 Å². The number of nitriles is 1. The van der Waals surface area contributed by atoms with Gasteiger partial charge < -0.3 is 14.2 Å². The standard InChI is InChI=1S/C20H18N2O3/c1-23-19(24-2)13-25-20-17-6-4-3-5-16(17)11-18(22-20)15-9-7-14(12-21)8-10-15/h3-11,19H,13H2,1-2H3. The molecule has 0 saturated heterocycles. The third kappa shape index (κ3) is 3.77. The molecule has 0 aliphatic heterocycles.